The molecule has 90 valence electrons. The molecule has 3 nitrogen and oxygen atoms in total. The van der Waals surface area contributed by atoms with Crippen molar-refractivity contribution in [2.45, 2.75) is 6.61 Å². The molecule has 0 saturated carbocycles. The topological polar surface area (TPSA) is 48.1 Å². The summed E-state index contributed by atoms with van der Waals surface area (Å²) < 4.78 is 6.28. The fraction of sp³-hybridized carbons (Fsp3) is 0.100. The Morgan fingerprint density at radius 2 is 2.12 bits per heavy atom. The lowest BCUT2D eigenvalue weighted by atomic mass is 10.3. The highest BCUT2D eigenvalue weighted by Gasteiger charge is 2.08. The zero-order valence-corrected chi connectivity index (χ0v) is 12.3. The normalized spacial score (nSPS) is 10.5. The molecule has 1 aromatic heterocycles. The quantitative estimate of drug-likeness (QED) is 0.833. The van der Waals surface area contributed by atoms with Gasteiger partial charge in [-0.3, -0.25) is 0 Å². The molecule has 1 aromatic carbocycles. The molecule has 0 aliphatic heterocycles. The number of rotatable bonds is 3. The molecule has 2 N–H and O–H groups in total. The summed E-state index contributed by atoms with van der Waals surface area (Å²) in [5.41, 5.74) is 5.52. The van der Waals surface area contributed by atoms with Crippen molar-refractivity contribution in [1.82, 2.24) is 4.98 Å². The molecule has 2 aromatic rings. The van der Waals surface area contributed by atoms with Crippen molar-refractivity contribution < 1.29 is 4.74 Å². The van der Waals surface area contributed by atoms with E-state index in [4.69, 9.17) is 33.7 Å². The van der Waals surface area contributed by atoms with Gasteiger partial charge >= 0.3 is 0 Å². The van der Waals surface area contributed by atoms with E-state index in [2.05, 4.69) is 20.9 Å². The van der Waals surface area contributed by atoms with Crippen LogP contribution in [0, 0.1) is 0 Å². The third kappa shape index (κ3) is 3.25. The van der Waals surface area contributed by atoms with E-state index in [-0.39, 0.29) is 0 Å². The van der Waals surface area contributed by atoms with Crippen LogP contribution in [0.2, 0.25) is 10.0 Å². The second kappa shape index (κ2) is 5.44. The number of hydrogen-bond donors (Lipinski definition) is 1. The van der Waals surface area contributed by atoms with Crippen molar-refractivity contribution >= 4 is 55.6 Å². The second-order valence-corrected chi connectivity index (χ2v) is 5.97. The number of thiazole rings is 1. The number of nitrogens with zero attached hydrogens (tertiary/aromatic N) is 1. The van der Waals surface area contributed by atoms with Crippen LogP contribution in [-0.4, -0.2) is 4.98 Å². The molecular weight excluding hydrogens is 347 g/mol. The fourth-order valence-electron chi connectivity index (χ4n) is 1.15. The Morgan fingerprint density at radius 1 is 1.35 bits per heavy atom. The minimum atomic E-state index is 0.368. The van der Waals surface area contributed by atoms with Crippen molar-refractivity contribution in [2.75, 3.05) is 5.73 Å². The maximum absolute atomic E-state index is 6.02. The van der Waals surface area contributed by atoms with E-state index in [1.165, 1.54) is 11.3 Å². The summed E-state index contributed by atoms with van der Waals surface area (Å²) in [5, 5.41) is 1.57. The molecule has 0 saturated heterocycles. The van der Waals surface area contributed by atoms with Crippen LogP contribution in [0.5, 0.6) is 5.75 Å². The third-order valence-corrected chi connectivity index (χ3v) is 4.21. The van der Waals surface area contributed by atoms with Gasteiger partial charge in [0.2, 0.25) is 0 Å². The lowest BCUT2D eigenvalue weighted by Gasteiger charge is -2.07. The Balaban J connectivity index is 2.11. The van der Waals surface area contributed by atoms with Crippen LogP contribution in [0.25, 0.3) is 0 Å². The Bertz CT molecular complexity index is 547. The minimum Gasteiger partial charge on any atom is -0.486 e. The standard InChI is InChI=1S/C10H7BrCl2N2OS/c11-6-1-8(13)9(2-7(6)12)16-4-5-3-15-10(14)17-5/h1-3H,4H2,(H2,14,15). The Labute approximate surface area is 121 Å². The van der Waals surface area contributed by atoms with E-state index in [0.717, 1.165) is 9.35 Å². The first-order valence-corrected chi connectivity index (χ1v) is 6.90. The smallest absolute Gasteiger partial charge is 0.180 e. The van der Waals surface area contributed by atoms with Gasteiger partial charge in [0.05, 0.1) is 14.9 Å². The van der Waals surface area contributed by atoms with E-state index in [0.29, 0.717) is 27.5 Å². The molecule has 0 radical (unpaired) electrons. The van der Waals surface area contributed by atoms with Crippen LogP contribution in [-0.2, 0) is 6.61 Å². The molecule has 7 heteroatoms. The van der Waals surface area contributed by atoms with Crippen LogP contribution < -0.4 is 10.5 Å². The Hall–Kier alpha value is -0.490. The fourth-order valence-corrected chi connectivity index (χ4v) is 2.60. The van der Waals surface area contributed by atoms with Gasteiger partial charge < -0.3 is 10.5 Å². The lowest BCUT2D eigenvalue weighted by molar-refractivity contribution is 0.309. The van der Waals surface area contributed by atoms with E-state index in [1.54, 1.807) is 18.3 Å². The summed E-state index contributed by atoms with van der Waals surface area (Å²) in [5.74, 6) is 0.534. The average Bonchev–Trinajstić information content (AvgIpc) is 2.68. The molecule has 1 heterocycles. The molecule has 0 aliphatic carbocycles. The highest BCUT2D eigenvalue weighted by Crippen LogP contribution is 2.34. The summed E-state index contributed by atoms with van der Waals surface area (Å²) in [4.78, 5) is 4.86. The number of nitrogens with two attached hydrogens (primary N) is 1. The molecule has 17 heavy (non-hydrogen) atoms. The predicted octanol–water partition coefficient (Wildman–Crippen LogP) is 4.37. The third-order valence-electron chi connectivity index (χ3n) is 1.92. The van der Waals surface area contributed by atoms with E-state index in [9.17, 15) is 0 Å². The van der Waals surface area contributed by atoms with Gasteiger partial charge in [0.25, 0.3) is 0 Å². The number of ether oxygens (including phenoxy) is 1. The first kappa shape index (κ1) is 13.0. The summed E-state index contributed by atoms with van der Waals surface area (Å²) >= 11 is 16.6. The number of hydrogen-bond acceptors (Lipinski definition) is 4. The molecule has 0 unspecified atom stereocenters. The first-order valence-electron chi connectivity index (χ1n) is 4.54. The van der Waals surface area contributed by atoms with E-state index in [1.807, 2.05) is 0 Å². The van der Waals surface area contributed by atoms with Gasteiger partial charge in [-0.2, -0.15) is 0 Å². The van der Waals surface area contributed by atoms with Crippen LogP contribution in [0.1, 0.15) is 4.88 Å². The predicted molar refractivity (Wildman–Crippen MR) is 75.0 cm³/mol. The zero-order chi connectivity index (χ0) is 12.4. The van der Waals surface area contributed by atoms with Crippen LogP contribution in [0.3, 0.4) is 0 Å². The van der Waals surface area contributed by atoms with Crippen LogP contribution in [0.4, 0.5) is 5.13 Å². The van der Waals surface area contributed by atoms with Gasteiger partial charge in [0.1, 0.15) is 12.4 Å². The number of aromatic nitrogens is 1. The molecule has 0 aliphatic rings. The maximum Gasteiger partial charge on any atom is 0.180 e. The van der Waals surface area contributed by atoms with Gasteiger partial charge in [0.15, 0.2) is 5.13 Å². The summed E-state index contributed by atoms with van der Waals surface area (Å²) in [6, 6.07) is 3.36. The minimum absolute atomic E-state index is 0.368. The van der Waals surface area contributed by atoms with Crippen LogP contribution >= 0.6 is 50.5 Å². The Morgan fingerprint density at radius 3 is 2.76 bits per heavy atom. The number of anilines is 1. The van der Waals surface area contributed by atoms with Gasteiger partial charge in [0, 0.05) is 16.7 Å². The van der Waals surface area contributed by atoms with Gasteiger partial charge in [-0.25, -0.2) is 4.98 Å². The summed E-state index contributed by atoms with van der Waals surface area (Å²) in [6.45, 7) is 0.368. The molecular formula is C10H7BrCl2N2OS. The van der Waals surface area contributed by atoms with Crippen LogP contribution in [0.15, 0.2) is 22.8 Å². The molecule has 0 amide bonds. The molecule has 0 spiro atoms. The molecule has 0 fully saturated rings. The zero-order valence-electron chi connectivity index (χ0n) is 8.41. The van der Waals surface area contributed by atoms with Crippen molar-refractivity contribution in [3.63, 3.8) is 0 Å². The highest BCUT2D eigenvalue weighted by atomic mass is 79.9. The van der Waals surface area contributed by atoms with Crippen molar-refractivity contribution in [1.29, 1.82) is 0 Å². The number of benzene rings is 1. The van der Waals surface area contributed by atoms with Gasteiger partial charge in [-0.1, -0.05) is 34.5 Å². The summed E-state index contributed by atoms with van der Waals surface area (Å²) in [6.07, 6.45) is 1.67. The average molecular weight is 354 g/mol. The van der Waals surface area contributed by atoms with Crippen molar-refractivity contribution in [3.05, 3.63) is 37.7 Å². The van der Waals surface area contributed by atoms with Crippen molar-refractivity contribution in [2.24, 2.45) is 0 Å². The largest absolute Gasteiger partial charge is 0.486 e. The van der Waals surface area contributed by atoms with Crippen molar-refractivity contribution in [3.8, 4) is 5.75 Å². The first-order chi connectivity index (χ1) is 8.06. The monoisotopic (exact) mass is 352 g/mol. The van der Waals surface area contributed by atoms with E-state index < -0.39 is 0 Å². The summed E-state index contributed by atoms with van der Waals surface area (Å²) in [7, 11) is 0. The van der Waals surface area contributed by atoms with E-state index >= 15 is 0 Å². The maximum atomic E-state index is 6.02. The molecule has 0 bridgehead atoms. The van der Waals surface area contributed by atoms with Gasteiger partial charge in [-0.05, 0) is 22.0 Å². The van der Waals surface area contributed by atoms with Gasteiger partial charge in [-0.15, -0.1) is 0 Å². The second-order valence-electron chi connectivity index (χ2n) is 3.15. The lowest BCUT2D eigenvalue weighted by Crippen LogP contribution is -1.93. The number of nitrogen functional groups attached to an aromatic ring is 1. The molecule has 2 rings (SSSR count). The Kier molecular flexibility index (Phi) is 4.14. The number of halogens is 3. The molecule has 0 atom stereocenters. The highest BCUT2D eigenvalue weighted by molar-refractivity contribution is 9.10. The SMILES string of the molecule is Nc1ncc(COc2cc(Cl)c(Br)cc2Cl)s1.